The lowest BCUT2D eigenvalue weighted by Gasteiger charge is -2.28. The Bertz CT molecular complexity index is 548. The average molecular weight is 255 g/mol. The molecule has 3 rings (SSSR count). The normalized spacial score (nSPS) is 17.3. The Morgan fingerprint density at radius 2 is 1.95 bits per heavy atom. The minimum atomic E-state index is 0.283. The van der Waals surface area contributed by atoms with Crippen molar-refractivity contribution in [1.82, 2.24) is 5.32 Å². The van der Waals surface area contributed by atoms with Gasteiger partial charge in [-0.15, -0.1) is 0 Å². The molecule has 1 N–H and O–H groups in total. The van der Waals surface area contributed by atoms with Crippen LogP contribution in [0, 0.1) is 0 Å². The number of fused-ring (bicyclic) bond motifs is 1. The van der Waals surface area contributed by atoms with E-state index >= 15 is 0 Å². The van der Waals surface area contributed by atoms with E-state index in [0.717, 1.165) is 6.61 Å². The molecule has 0 saturated heterocycles. The lowest BCUT2D eigenvalue weighted by molar-refractivity contribution is -0.00792. The first-order chi connectivity index (χ1) is 9.36. The number of benzene rings is 2. The van der Waals surface area contributed by atoms with Crippen molar-refractivity contribution < 1.29 is 4.74 Å². The molecule has 0 amide bonds. The Morgan fingerprint density at radius 1 is 1.16 bits per heavy atom. The first kappa shape index (κ1) is 12.6. The molecule has 100 valence electrons. The minimum absolute atomic E-state index is 0.283. The summed E-state index contributed by atoms with van der Waals surface area (Å²) in [6.45, 7) is 0.763. The molecule has 0 aliphatic heterocycles. The zero-order chi connectivity index (χ0) is 13.1. The highest BCUT2D eigenvalue weighted by atomic mass is 16.5. The zero-order valence-corrected chi connectivity index (χ0v) is 11.4. The van der Waals surface area contributed by atoms with Crippen molar-refractivity contribution in [2.75, 3.05) is 13.7 Å². The van der Waals surface area contributed by atoms with Crippen LogP contribution in [-0.2, 0) is 4.74 Å². The Labute approximate surface area is 114 Å². The molecule has 1 saturated carbocycles. The van der Waals surface area contributed by atoms with Gasteiger partial charge in [0.2, 0.25) is 0 Å². The predicted octanol–water partition coefficient (Wildman–Crippen LogP) is 3.67. The molecule has 2 aromatic rings. The summed E-state index contributed by atoms with van der Waals surface area (Å²) in [6.07, 6.45) is 4.28. The number of ether oxygens (including phenoxy) is 1. The smallest absolute Gasteiger partial charge is 0.0665 e. The van der Waals surface area contributed by atoms with Crippen molar-refractivity contribution in [2.24, 2.45) is 0 Å². The van der Waals surface area contributed by atoms with Gasteiger partial charge in [-0.3, -0.25) is 0 Å². The van der Waals surface area contributed by atoms with Crippen molar-refractivity contribution in [2.45, 2.75) is 31.4 Å². The van der Waals surface area contributed by atoms with Crippen LogP contribution in [0.3, 0.4) is 0 Å². The highest BCUT2D eigenvalue weighted by Crippen LogP contribution is 2.25. The van der Waals surface area contributed by atoms with Crippen molar-refractivity contribution in [1.29, 1.82) is 0 Å². The second-order valence-corrected chi connectivity index (χ2v) is 5.33. The maximum absolute atomic E-state index is 5.93. The van der Waals surface area contributed by atoms with Crippen LogP contribution in [0.15, 0.2) is 42.5 Å². The number of rotatable bonds is 5. The lowest BCUT2D eigenvalue weighted by atomic mass is 9.96. The Hall–Kier alpha value is -1.38. The summed E-state index contributed by atoms with van der Waals surface area (Å²) < 4.78 is 5.93. The van der Waals surface area contributed by atoms with E-state index in [1.807, 2.05) is 7.05 Å². The van der Waals surface area contributed by atoms with Crippen LogP contribution >= 0.6 is 0 Å². The predicted molar refractivity (Wildman–Crippen MR) is 79.3 cm³/mol. The van der Waals surface area contributed by atoms with E-state index in [0.29, 0.717) is 6.10 Å². The molecule has 1 aliphatic rings. The third-order valence-corrected chi connectivity index (χ3v) is 4.08. The maximum Gasteiger partial charge on any atom is 0.0665 e. The van der Waals surface area contributed by atoms with E-state index < -0.39 is 0 Å². The third kappa shape index (κ3) is 2.80. The van der Waals surface area contributed by atoms with Crippen LogP contribution in [0.5, 0.6) is 0 Å². The summed E-state index contributed by atoms with van der Waals surface area (Å²) in [7, 11) is 2.00. The molecule has 2 heteroatoms. The van der Waals surface area contributed by atoms with Gasteiger partial charge in [0.15, 0.2) is 0 Å². The van der Waals surface area contributed by atoms with Gasteiger partial charge in [0.25, 0.3) is 0 Å². The molecule has 2 nitrogen and oxygen atoms in total. The van der Waals surface area contributed by atoms with Crippen LogP contribution in [0.4, 0.5) is 0 Å². The van der Waals surface area contributed by atoms with Gasteiger partial charge >= 0.3 is 0 Å². The van der Waals surface area contributed by atoms with Gasteiger partial charge in [-0.05, 0) is 48.7 Å². The molecule has 1 atom stereocenters. The topological polar surface area (TPSA) is 21.3 Å². The number of nitrogens with one attached hydrogen (secondary N) is 1. The summed E-state index contributed by atoms with van der Waals surface area (Å²) in [5.74, 6) is 0. The second kappa shape index (κ2) is 5.72. The van der Waals surface area contributed by atoms with Crippen LogP contribution in [-0.4, -0.2) is 19.8 Å². The molecule has 19 heavy (non-hydrogen) atoms. The molecule has 0 aromatic heterocycles. The van der Waals surface area contributed by atoms with Gasteiger partial charge in [0.05, 0.1) is 18.8 Å². The molecule has 0 radical (unpaired) electrons. The Morgan fingerprint density at radius 3 is 2.63 bits per heavy atom. The molecular formula is C17H21NO. The maximum atomic E-state index is 5.93. The van der Waals surface area contributed by atoms with Crippen LogP contribution in [0.2, 0.25) is 0 Å². The van der Waals surface area contributed by atoms with Gasteiger partial charge < -0.3 is 10.1 Å². The molecule has 0 heterocycles. The fourth-order valence-electron chi connectivity index (χ4n) is 2.54. The quantitative estimate of drug-likeness (QED) is 0.880. The van der Waals surface area contributed by atoms with Crippen molar-refractivity contribution in [3.05, 3.63) is 48.0 Å². The van der Waals surface area contributed by atoms with Crippen LogP contribution < -0.4 is 5.32 Å². The van der Waals surface area contributed by atoms with E-state index in [2.05, 4.69) is 47.8 Å². The van der Waals surface area contributed by atoms with Gasteiger partial charge in [-0.25, -0.2) is 0 Å². The second-order valence-electron chi connectivity index (χ2n) is 5.33. The van der Waals surface area contributed by atoms with Gasteiger partial charge in [0.1, 0.15) is 0 Å². The summed E-state index contributed by atoms with van der Waals surface area (Å²) in [5, 5.41) is 5.95. The highest BCUT2D eigenvalue weighted by molar-refractivity contribution is 5.83. The standard InChI is InChI=1S/C17H21NO/c1-18-17(12-19-16-7-4-8-16)15-10-9-13-5-2-3-6-14(13)11-15/h2-3,5-6,9-11,16-18H,4,7-8,12H2,1H3. The third-order valence-electron chi connectivity index (χ3n) is 4.08. The molecular weight excluding hydrogens is 234 g/mol. The monoisotopic (exact) mass is 255 g/mol. The minimum Gasteiger partial charge on any atom is -0.376 e. The number of hydrogen-bond acceptors (Lipinski definition) is 2. The summed E-state index contributed by atoms with van der Waals surface area (Å²) in [4.78, 5) is 0. The van der Waals surface area contributed by atoms with Gasteiger partial charge in [-0.1, -0.05) is 36.4 Å². The zero-order valence-electron chi connectivity index (χ0n) is 11.4. The number of likely N-dealkylation sites (N-methyl/N-ethyl adjacent to an activating group) is 1. The first-order valence-corrected chi connectivity index (χ1v) is 7.14. The fraction of sp³-hybridized carbons (Fsp3) is 0.412. The first-order valence-electron chi connectivity index (χ1n) is 7.14. The SMILES string of the molecule is CNC(COC1CCC1)c1ccc2ccccc2c1. The summed E-state index contributed by atoms with van der Waals surface area (Å²) in [5.41, 5.74) is 1.31. The molecule has 0 bridgehead atoms. The van der Waals surface area contributed by atoms with E-state index in [1.54, 1.807) is 0 Å². The molecule has 1 unspecified atom stereocenters. The van der Waals surface area contributed by atoms with Gasteiger partial charge in [-0.2, -0.15) is 0 Å². The molecule has 2 aromatic carbocycles. The number of hydrogen-bond donors (Lipinski definition) is 1. The molecule has 1 aliphatic carbocycles. The van der Waals surface area contributed by atoms with E-state index in [9.17, 15) is 0 Å². The van der Waals surface area contributed by atoms with E-state index in [-0.39, 0.29) is 6.04 Å². The lowest BCUT2D eigenvalue weighted by Crippen LogP contribution is -2.28. The van der Waals surface area contributed by atoms with E-state index in [4.69, 9.17) is 4.74 Å². The summed E-state index contributed by atoms with van der Waals surface area (Å²) in [6, 6.07) is 15.4. The largest absolute Gasteiger partial charge is 0.376 e. The average Bonchev–Trinajstić information content (AvgIpc) is 2.41. The Kier molecular flexibility index (Phi) is 3.81. The van der Waals surface area contributed by atoms with Crippen molar-refractivity contribution in [3.8, 4) is 0 Å². The molecule has 1 fully saturated rings. The van der Waals surface area contributed by atoms with Crippen molar-refractivity contribution >= 4 is 10.8 Å². The van der Waals surface area contributed by atoms with Crippen LogP contribution in [0.1, 0.15) is 30.9 Å². The fourth-order valence-corrected chi connectivity index (χ4v) is 2.54. The van der Waals surface area contributed by atoms with E-state index in [1.165, 1.54) is 35.6 Å². The highest BCUT2D eigenvalue weighted by Gasteiger charge is 2.20. The van der Waals surface area contributed by atoms with Crippen molar-refractivity contribution in [3.63, 3.8) is 0 Å². The Balaban J connectivity index is 1.75. The van der Waals surface area contributed by atoms with Crippen LogP contribution in [0.25, 0.3) is 10.8 Å². The van der Waals surface area contributed by atoms with Gasteiger partial charge in [0, 0.05) is 0 Å². The molecule has 0 spiro atoms. The summed E-state index contributed by atoms with van der Waals surface area (Å²) >= 11 is 0.